The second kappa shape index (κ2) is 8.46. The molecule has 0 unspecified atom stereocenters. The molecule has 0 aliphatic rings. The molecular weight excluding hydrogens is 364 g/mol. The van der Waals surface area contributed by atoms with Gasteiger partial charge in [-0.1, -0.05) is 11.6 Å². The minimum Gasteiger partial charge on any atom is -0.352 e. The first-order chi connectivity index (χ1) is 11.8. The molecule has 0 fully saturated rings. The van der Waals surface area contributed by atoms with Crippen LogP contribution in [0.3, 0.4) is 0 Å². The first kappa shape index (κ1) is 19.4. The van der Waals surface area contributed by atoms with Crippen molar-refractivity contribution in [3.8, 4) is 5.69 Å². The van der Waals surface area contributed by atoms with Gasteiger partial charge in [-0.2, -0.15) is 5.10 Å². The van der Waals surface area contributed by atoms with Crippen molar-refractivity contribution in [3.63, 3.8) is 0 Å². The normalized spacial score (nSPS) is 11.7. The van der Waals surface area contributed by atoms with E-state index in [9.17, 15) is 13.2 Å². The lowest BCUT2D eigenvalue weighted by Gasteiger charge is -2.15. The Labute approximate surface area is 152 Å². The van der Waals surface area contributed by atoms with Gasteiger partial charge < -0.3 is 5.32 Å². The zero-order valence-electron chi connectivity index (χ0n) is 14.1. The number of nitrogens with one attached hydrogen (secondary N) is 1. The summed E-state index contributed by atoms with van der Waals surface area (Å²) >= 11 is 5.85. The lowest BCUT2D eigenvalue weighted by atomic mass is 10.3. The number of benzene rings is 1. The summed E-state index contributed by atoms with van der Waals surface area (Å²) in [5, 5.41) is 7.55. The Morgan fingerprint density at radius 3 is 2.64 bits per heavy atom. The number of rotatable bonds is 8. The molecule has 1 N–H and O–H groups in total. The minimum atomic E-state index is -3.18. The highest BCUT2D eigenvalue weighted by Crippen LogP contribution is 2.13. The van der Waals surface area contributed by atoms with Crippen LogP contribution in [-0.4, -0.2) is 54.3 Å². The molecule has 0 atom stereocenters. The van der Waals surface area contributed by atoms with E-state index in [0.29, 0.717) is 30.1 Å². The Hall–Kier alpha value is -1.90. The van der Waals surface area contributed by atoms with E-state index >= 15 is 0 Å². The molecule has 0 aliphatic carbocycles. The largest absolute Gasteiger partial charge is 0.352 e. The van der Waals surface area contributed by atoms with Crippen LogP contribution in [0.5, 0.6) is 0 Å². The third kappa shape index (κ3) is 5.29. The fourth-order valence-corrected chi connectivity index (χ4v) is 3.11. The van der Waals surface area contributed by atoms with Crippen molar-refractivity contribution in [1.82, 2.24) is 19.4 Å². The number of halogens is 1. The quantitative estimate of drug-likeness (QED) is 0.705. The lowest BCUT2D eigenvalue weighted by molar-refractivity contribution is 0.0953. The van der Waals surface area contributed by atoms with Gasteiger partial charge in [0.2, 0.25) is 10.0 Å². The second-order valence-corrected chi connectivity index (χ2v) is 8.28. The van der Waals surface area contributed by atoms with E-state index in [0.717, 1.165) is 5.69 Å². The van der Waals surface area contributed by atoms with Crippen molar-refractivity contribution in [1.29, 1.82) is 0 Å². The van der Waals surface area contributed by atoms with Gasteiger partial charge >= 0.3 is 0 Å². The van der Waals surface area contributed by atoms with Crippen molar-refractivity contribution < 1.29 is 13.2 Å². The highest BCUT2D eigenvalue weighted by Gasteiger charge is 2.14. The van der Waals surface area contributed by atoms with Crippen molar-refractivity contribution >= 4 is 27.5 Å². The van der Waals surface area contributed by atoms with Gasteiger partial charge in [-0.05, 0) is 37.6 Å². The van der Waals surface area contributed by atoms with Crippen LogP contribution < -0.4 is 5.32 Å². The molecule has 1 heterocycles. The lowest BCUT2D eigenvalue weighted by Crippen LogP contribution is -2.32. The zero-order chi connectivity index (χ0) is 18.4. The van der Waals surface area contributed by atoms with Crippen LogP contribution in [0.25, 0.3) is 5.69 Å². The molecule has 136 valence electrons. The van der Waals surface area contributed by atoms with Gasteiger partial charge in [0.15, 0.2) is 0 Å². The topological polar surface area (TPSA) is 84.3 Å². The Morgan fingerprint density at radius 1 is 1.32 bits per heavy atom. The maximum atomic E-state index is 12.1. The van der Waals surface area contributed by atoms with E-state index in [2.05, 4.69) is 10.4 Å². The predicted molar refractivity (Wildman–Crippen MR) is 97.6 cm³/mol. The highest BCUT2D eigenvalue weighted by atomic mass is 35.5. The molecule has 0 saturated heterocycles. The van der Waals surface area contributed by atoms with Gasteiger partial charge in [0.1, 0.15) is 0 Å². The van der Waals surface area contributed by atoms with E-state index in [1.807, 2.05) is 0 Å². The van der Waals surface area contributed by atoms with Crippen molar-refractivity contribution in [2.45, 2.75) is 13.3 Å². The summed E-state index contributed by atoms with van der Waals surface area (Å²) in [4.78, 5) is 12.1. The van der Waals surface area contributed by atoms with Gasteiger partial charge in [-0.25, -0.2) is 17.4 Å². The molecule has 0 aliphatic heterocycles. The maximum Gasteiger partial charge on any atom is 0.254 e. The zero-order valence-corrected chi connectivity index (χ0v) is 15.7. The smallest absolute Gasteiger partial charge is 0.254 e. The fourth-order valence-electron chi connectivity index (χ4n) is 2.14. The molecule has 2 aromatic rings. The molecule has 2 rings (SSSR count). The van der Waals surface area contributed by atoms with Gasteiger partial charge in [-0.3, -0.25) is 4.79 Å². The molecule has 9 heteroatoms. The molecule has 25 heavy (non-hydrogen) atoms. The summed E-state index contributed by atoms with van der Waals surface area (Å²) < 4.78 is 26.1. The average Bonchev–Trinajstić information content (AvgIpc) is 3.09. The molecular formula is C16H21ClN4O3S. The van der Waals surface area contributed by atoms with Crippen LogP contribution >= 0.6 is 11.6 Å². The second-order valence-electron chi connectivity index (χ2n) is 5.48. The molecule has 0 radical (unpaired) electrons. The SMILES string of the molecule is CCS(=O)(=O)N(C)CCCNC(=O)c1cnn(-c2ccc(Cl)cc2)c1. The molecule has 0 bridgehead atoms. The van der Waals surface area contributed by atoms with Crippen LogP contribution in [0.4, 0.5) is 0 Å². The van der Waals surface area contributed by atoms with Crippen molar-refractivity contribution in [3.05, 3.63) is 47.2 Å². The Kier molecular flexibility index (Phi) is 6.57. The first-order valence-electron chi connectivity index (χ1n) is 7.86. The van der Waals surface area contributed by atoms with Crippen molar-refractivity contribution in [2.75, 3.05) is 25.9 Å². The van der Waals surface area contributed by atoms with Crippen LogP contribution in [-0.2, 0) is 10.0 Å². The van der Waals surface area contributed by atoms with Crippen LogP contribution in [0.2, 0.25) is 5.02 Å². The molecule has 0 saturated carbocycles. The average molecular weight is 385 g/mol. The monoisotopic (exact) mass is 384 g/mol. The third-order valence-electron chi connectivity index (χ3n) is 3.71. The fraction of sp³-hybridized carbons (Fsp3) is 0.375. The maximum absolute atomic E-state index is 12.1. The Balaban J connectivity index is 1.85. The molecule has 7 nitrogen and oxygen atoms in total. The highest BCUT2D eigenvalue weighted by molar-refractivity contribution is 7.89. The standard InChI is InChI=1S/C16H21ClN4O3S/c1-3-25(23,24)20(2)10-4-9-18-16(22)13-11-19-21(12-13)15-7-5-14(17)6-8-15/h5-8,11-12H,3-4,9-10H2,1-2H3,(H,18,22). The minimum absolute atomic E-state index is 0.0692. The van der Waals surface area contributed by atoms with E-state index < -0.39 is 10.0 Å². The molecule has 1 aromatic carbocycles. The van der Waals surface area contributed by atoms with E-state index in [1.165, 1.54) is 17.5 Å². The van der Waals surface area contributed by atoms with E-state index in [-0.39, 0.29) is 11.7 Å². The van der Waals surface area contributed by atoms with Crippen LogP contribution in [0, 0.1) is 0 Å². The number of aromatic nitrogens is 2. The first-order valence-corrected chi connectivity index (χ1v) is 9.85. The molecule has 1 amide bonds. The number of nitrogens with zero attached hydrogens (tertiary/aromatic N) is 3. The van der Waals surface area contributed by atoms with Gasteiger partial charge in [0.25, 0.3) is 5.91 Å². The van der Waals surface area contributed by atoms with Crippen molar-refractivity contribution in [2.24, 2.45) is 0 Å². The van der Waals surface area contributed by atoms with Crippen LogP contribution in [0.15, 0.2) is 36.7 Å². The van der Waals surface area contributed by atoms with Crippen LogP contribution in [0.1, 0.15) is 23.7 Å². The number of hydrogen-bond acceptors (Lipinski definition) is 4. The summed E-state index contributed by atoms with van der Waals surface area (Å²) in [6.07, 6.45) is 3.65. The van der Waals surface area contributed by atoms with Gasteiger partial charge in [0.05, 0.1) is 23.2 Å². The summed E-state index contributed by atoms with van der Waals surface area (Å²) in [6, 6.07) is 7.11. The summed E-state index contributed by atoms with van der Waals surface area (Å²) in [6.45, 7) is 2.35. The molecule has 1 aromatic heterocycles. The predicted octanol–water partition coefficient (Wildman–Crippen LogP) is 1.93. The summed E-state index contributed by atoms with van der Waals surface area (Å²) in [5.74, 6) is -0.180. The van der Waals surface area contributed by atoms with E-state index in [1.54, 1.807) is 42.1 Å². The van der Waals surface area contributed by atoms with Gasteiger partial charge in [0, 0.05) is 31.4 Å². The number of carbonyl (C=O) groups excluding carboxylic acids is 1. The number of amides is 1. The summed E-state index contributed by atoms with van der Waals surface area (Å²) in [5.41, 5.74) is 1.24. The summed E-state index contributed by atoms with van der Waals surface area (Å²) in [7, 11) is -1.65. The number of sulfonamides is 1. The number of carbonyl (C=O) groups is 1. The van der Waals surface area contributed by atoms with E-state index in [4.69, 9.17) is 11.6 Å². The Morgan fingerprint density at radius 2 is 2.00 bits per heavy atom. The third-order valence-corrected chi connectivity index (χ3v) is 5.82. The van der Waals surface area contributed by atoms with Gasteiger partial charge in [-0.15, -0.1) is 0 Å². The number of hydrogen-bond donors (Lipinski definition) is 1. The Bertz CT molecular complexity index is 818. The molecule has 0 spiro atoms.